The second-order valence-corrected chi connectivity index (χ2v) is 7.52. The number of rotatable bonds is 6. The molecule has 13 nitrogen and oxygen atoms in total. The number of aromatic hydroxyl groups is 10. The van der Waals surface area contributed by atoms with Gasteiger partial charge in [0.25, 0.3) is 0 Å². The summed E-state index contributed by atoms with van der Waals surface area (Å²) in [4.78, 5) is 0. The molecule has 0 saturated carbocycles. The van der Waals surface area contributed by atoms with Crippen LogP contribution in [-0.2, 0) is 0 Å². The Morgan fingerprint density at radius 2 is 0.784 bits per heavy atom. The van der Waals surface area contributed by atoms with Gasteiger partial charge in [-0.2, -0.15) is 0 Å². The Labute approximate surface area is 206 Å². The van der Waals surface area contributed by atoms with Crippen LogP contribution in [0.4, 0.5) is 0 Å². The van der Waals surface area contributed by atoms with E-state index in [0.29, 0.717) is 0 Å². The molecule has 0 aliphatic rings. The summed E-state index contributed by atoms with van der Waals surface area (Å²) in [5.74, 6) is -9.86. The van der Waals surface area contributed by atoms with Crippen LogP contribution < -0.4 is 14.2 Å². The maximum Gasteiger partial charge on any atom is 0.215 e. The van der Waals surface area contributed by atoms with Gasteiger partial charge in [-0.05, 0) is 0 Å². The number of hydrogen-bond donors (Lipinski definition) is 10. The first-order valence-electron chi connectivity index (χ1n) is 10.1. The minimum absolute atomic E-state index is 0.137. The molecule has 0 fully saturated rings. The van der Waals surface area contributed by atoms with Gasteiger partial charge < -0.3 is 65.3 Å². The zero-order valence-electron chi connectivity index (χ0n) is 18.3. The van der Waals surface area contributed by atoms with Crippen LogP contribution >= 0.6 is 0 Å². The van der Waals surface area contributed by atoms with Crippen LogP contribution in [0.3, 0.4) is 0 Å². The van der Waals surface area contributed by atoms with Crippen molar-refractivity contribution in [2.75, 3.05) is 0 Å². The van der Waals surface area contributed by atoms with Gasteiger partial charge in [0.1, 0.15) is 28.7 Å². The molecule has 0 atom stereocenters. The lowest BCUT2D eigenvalue weighted by Gasteiger charge is -2.17. The number of phenolic OH excluding ortho intramolecular Hbond substituents is 10. The van der Waals surface area contributed by atoms with Gasteiger partial charge in [0.2, 0.25) is 28.7 Å². The van der Waals surface area contributed by atoms with E-state index in [9.17, 15) is 51.1 Å². The van der Waals surface area contributed by atoms with Crippen LogP contribution in [0.5, 0.6) is 92.0 Å². The molecule has 4 aromatic carbocycles. The standard InChI is InChI=1S/C24H18O13/c25-9-1-10(26)3-12(2-9)35-22-17(31)6-13(7-18(22)32)36-24-19(8-14(28)20(33)21(24)34)37-23-15(29)4-11(27)5-16(23)30/h1-8,25-34H. The monoisotopic (exact) mass is 514 g/mol. The van der Waals surface area contributed by atoms with Crippen molar-refractivity contribution < 1.29 is 65.3 Å². The molecule has 0 spiro atoms. The molecule has 10 N–H and O–H groups in total. The fraction of sp³-hybridized carbons (Fsp3) is 0. The smallest absolute Gasteiger partial charge is 0.215 e. The van der Waals surface area contributed by atoms with E-state index in [0.717, 1.165) is 48.5 Å². The average Bonchev–Trinajstić information content (AvgIpc) is 2.79. The molecule has 4 aromatic rings. The van der Waals surface area contributed by atoms with Gasteiger partial charge in [0.05, 0.1) is 0 Å². The molecule has 0 aromatic heterocycles. The average molecular weight is 514 g/mol. The third-order valence-corrected chi connectivity index (χ3v) is 4.76. The van der Waals surface area contributed by atoms with Gasteiger partial charge in [-0.25, -0.2) is 0 Å². The normalized spacial score (nSPS) is 10.7. The van der Waals surface area contributed by atoms with Crippen molar-refractivity contribution in [1.29, 1.82) is 0 Å². The maximum atomic E-state index is 10.4. The second kappa shape index (κ2) is 9.14. The van der Waals surface area contributed by atoms with Crippen LogP contribution in [0.25, 0.3) is 0 Å². The third kappa shape index (κ3) is 4.90. The highest BCUT2D eigenvalue weighted by atomic mass is 16.5. The Kier molecular flexibility index (Phi) is 6.03. The van der Waals surface area contributed by atoms with Gasteiger partial charge in [0, 0.05) is 48.5 Å². The van der Waals surface area contributed by atoms with Crippen LogP contribution in [0.1, 0.15) is 0 Å². The first-order chi connectivity index (χ1) is 17.4. The Balaban J connectivity index is 1.71. The van der Waals surface area contributed by atoms with Gasteiger partial charge >= 0.3 is 0 Å². The zero-order valence-corrected chi connectivity index (χ0v) is 18.3. The van der Waals surface area contributed by atoms with Crippen molar-refractivity contribution in [2.45, 2.75) is 0 Å². The predicted octanol–water partition coefficient (Wildman–Crippen LogP) is 4.12. The summed E-state index contributed by atoms with van der Waals surface area (Å²) >= 11 is 0. The van der Waals surface area contributed by atoms with Gasteiger partial charge in [-0.3, -0.25) is 0 Å². The highest BCUT2D eigenvalue weighted by molar-refractivity contribution is 5.67. The first kappa shape index (κ1) is 24.4. The highest BCUT2D eigenvalue weighted by Crippen LogP contribution is 2.54. The van der Waals surface area contributed by atoms with Crippen LogP contribution in [-0.4, -0.2) is 51.1 Å². The first-order valence-corrected chi connectivity index (χ1v) is 10.1. The summed E-state index contributed by atoms with van der Waals surface area (Å²) in [6.45, 7) is 0. The van der Waals surface area contributed by atoms with E-state index in [1.54, 1.807) is 0 Å². The van der Waals surface area contributed by atoms with E-state index in [1.165, 1.54) is 0 Å². The van der Waals surface area contributed by atoms with Crippen molar-refractivity contribution in [3.8, 4) is 92.0 Å². The molecule has 0 bridgehead atoms. The Morgan fingerprint density at radius 1 is 0.351 bits per heavy atom. The van der Waals surface area contributed by atoms with E-state index in [1.807, 2.05) is 0 Å². The second-order valence-electron chi connectivity index (χ2n) is 7.52. The van der Waals surface area contributed by atoms with E-state index in [-0.39, 0.29) is 23.0 Å². The molecule has 0 radical (unpaired) electrons. The Morgan fingerprint density at radius 3 is 1.35 bits per heavy atom. The molecule has 192 valence electrons. The lowest BCUT2D eigenvalue weighted by atomic mass is 10.2. The largest absolute Gasteiger partial charge is 0.508 e. The van der Waals surface area contributed by atoms with Crippen LogP contribution in [0.2, 0.25) is 0 Å². The lowest BCUT2D eigenvalue weighted by Crippen LogP contribution is -1.94. The molecule has 0 saturated heterocycles. The van der Waals surface area contributed by atoms with E-state index >= 15 is 0 Å². The van der Waals surface area contributed by atoms with Crippen molar-refractivity contribution in [3.05, 3.63) is 48.5 Å². The van der Waals surface area contributed by atoms with Crippen LogP contribution in [0.15, 0.2) is 48.5 Å². The zero-order chi connectivity index (χ0) is 27.0. The van der Waals surface area contributed by atoms with E-state index in [4.69, 9.17) is 14.2 Å². The van der Waals surface area contributed by atoms with Crippen molar-refractivity contribution >= 4 is 0 Å². The third-order valence-electron chi connectivity index (χ3n) is 4.76. The Bertz CT molecular complexity index is 1450. The molecular weight excluding hydrogens is 496 g/mol. The van der Waals surface area contributed by atoms with E-state index < -0.39 is 69.0 Å². The number of hydrogen-bond acceptors (Lipinski definition) is 13. The number of ether oxygens (including phenoxy) is 3. The highest BCUT2D eigenvalue weighted by Gasteiger charge is 2.24. The fourth-order valence-electron chi connectivity index (χ4n) is 3.18. The summed E-state index contributed by atoms with van der Waals surface area (Å²) in [7, 11) is 0. The quantitative estimate of drug-likeness (QED) is 0.163. The number of phenols is 10. The molecular formula is C24H18O13. The van der Waals surface area contributed by atoms with E-state index in [2.05, 4.69) is 0 Å². The fourth-order valence-corrected chi connectivity index (χ4v) is 3.18. The van der Waals surface area contributed by atoms with Crippen molar-refractivity contribution in [1.82, 2.24) is 0 Å². The molecule has 0 heterocycles. The molecule has 37 heavy (non-hydrogen) atoms. The lowest BCUT2D eigenvalue weighted by molar-refractivity contribution is 0.323. The summed E-state index contributed by atoms with van der Waals surface area (Å²) in [5.41, 5.74) is 0. The molecule has 13 heteroatoms. The number of benzene rings is 4. The summed E-state index contributed by atoms with van der Waals surface area (Å²) in [6, 6.07) is 7.48. The Hall–Kier alpha value is -5.72. The molecule has 0 unspecified atom stereocenters. The summed E-state index contributed by atoms with van der Waals surface area (Å²) in [6.07, 6.45) is 0. The molecule has 0 amide bonds. The minimum Gasteiger partial charge on any atom is -0.508 e. The summed E-state index contributed by atoms with van der Waals surface area (Å²) in [5, 5.41) is 99.5. The maximum absolute atomic E-state index is 10.4. The summed E-state index contributed by atoms with van der Waals surface area (Å²) < 4.78 is 16.1. The minimum atomic E-state index is -1.05. The van der Waals surface area contributed by atoms with Gasteiger partial charge in [-0.1, -0.05) is 0 Å². The predicted molar refractivity (Wildman–Crippen MR) is 123 cm³/mol. The van der Waals surface area contributed by atoms with Gasteiger partial charge in [0.15, 0.2) is 34.5 Å². The van der Waals surface area contributed by atoms with Crippen LogP contribution in [0, 0.1) is 0 Å². The topological polar surface area (TPSA) is 230 Å². The molecule has 4 rings (SSSR count). The molecule has 0 aliphatic carbocycles. The molecule has 0 aliphatic heterocycles. The van der Waals surface area contributed by atoms with Crippen molar-refractivity contribution in [3.63, 3.8) is 0 Å². The SMILES string of the molecule is Oc1cc(O)cc(Oc2c(O)cc(Oc3c(Oc4c(O)cc(O)cc4O)cc(O)c(O)c3O)cc2O)c1. The van der Waals surface area contributed by atoms with Crippen molar-refractivity contribution in [2.24, 2.45) is 0 Å². The van der Waals surface area contributed by atoms with Gasteiger partial charge in [-0.15, -0.1) is 0 Å².